The lowest BCUT2D eigenvalue weighted by atomic mass is 10.0. The Hall–Kier alpha value is -3.26. The monoisotopic (exact) mass is 475 g/mol. The Labute approximate surface area is 190 Å². The van der Waals surface area contributed by atoms with Gasteiger partial charge in [-0.25, -0.2) is 4.79 Å². The Bertz CT molecular complexity index is 728. The molecule has 14 heteroatoms. The Balaban J connectivity index is 5.56. The van der Waals surface area contributed by atoms with Crippen molar-refractivity contribution in [1.29, 1.82) is 0 Å². The van der Waals surface area contributed by atoms with Crippen molar-refractivity contribution in [2.75, 3.05) is 6.54 Å². The third-order valence-corrected chi connectivity index (χ3v) is 4.61. The molecule has 0 saturated carbocycles. The third-order valence-electron chi connectivity index (χ3n) is 4.61. The van der Waals surface area contributed by atoms with E-state index in [4.69, 9.17) is 26.8 Å². The molecule has 0 aliphatic heterocycles. The van der Waals surface area contributed by atoms with Gasteiger partial charge < -0.3 is 42.7 Å². The number of rotatable bonds is 16. The van der Waals surface area contributed by atoms with Gasteiger partial charge in [-0.05, 0) is 31.7 Å². The standard InChI is InChI=1S/C19H33N5O9/c1-9(2)15(21)18(31)23-11(7-13(25)26)17(30)22-10(5-3-4-6-20)16(29)24-12(19(32)33)8-14(27)28/h9-12,15H,3-8,20-21H2,1-2H3,(H,22,30)(H,23,31)(H,24,29)(H,25,26)(H,27,28)(H,32,33). The van der Waals surface area contributed by atoms with Crippen molar-refractivity contribution in [3.05, 3.63) is 0 Å². The van der Waals surface area contributed by atoms with E-state index >= 15 is 0 Å². The summed E-state index contributed by atoms with van der Waals surface area (Å²) in [6.07, 6.45) is -0.867. The van der Waals surface area contributed by atoms with Crippen LogP contribution in [-0.4, -0.2) is 81.7 Å². The fraction of sp³-hybridized carbons (Fsp3) is 0.684. The Morgan fingerprint density at radius 3 is 1.64 bits per heavy atom. The van der Waals surface area contributed by atoms with Gasteiger partial charge in [-0.15, -0.1) is 0 Å². The van der Waals surface area contributed by atoms with Gasteiger partial charge in [0, 0.05) is 0 Å². The van der Waals surface area contributed by atoms with Crippen molar-refractivity contribution in [1.82, 2.24) is 16.0 Å². The van der Waals surface area contributed by atoms with Crippen LogP contribution in [0, 0.1) is 5.92 Å². The molecule has 4 unspecified atom stereocenters. The van der Waals surface area contributed by atoms with E-state index in [9.17, 15) is 28.8 Å². The van der Waals surface area contributed by atoms with Crippen molar-refractivity contribution in [2.24, 2.45) is 17.4 Å². The molecule has 0 spiro atoms. The minimum atomic E-state index is -1.75. The maximum absolute atomic E-state index is 12.7. The molecule has 0 heterocycles. The van der Waals surface area contributed by atoms with E-state index in [1.165, 1.54) is 0 Å². The number of carboxylic acid groups (broad SMARTS) is 3. The first kappa shape index (κ1) is 29.7. The second-order valence-corrected chi connectivity index (χ2v) is 7.77. The topological polar surface area (TPSA) is 251 Å². The number of hydrogen-bond acceptors (Lipinski definition) is 8. The molecule has 14 nitrogen and oxygen atoms in total. The van der Waals surface area contributed by atoms with Crippen LogP contribution in [0.25, 0.3) is 0 Å². The second kappa shape index (κ2) is 14.7. The van der Waals surface area contributed by atoms with Gasteiger partial charge in [0.2, 0.25) is 17.7 Å². The summed E-state index contributed by atoms with van der Waals surface area (Å²) in [5, 5.41) is 33.6. The van der Waals surface area contributed by atoms with Crippen LogP contribution in [0.5, 0.6) is 0 Å². The molecule has 10 N–H and O–H groups in total. The molecule has 0 saturated heterocycles. The highest BCUT2D eigenvalue weighted by Gasteiger charge is 2.32. The number of hydrogen-bond donors (Lipinski definition) is 8. The van der Waals surface area contributed by atoms with E-state index < -0.39 is 72.6 Å². The molecule has 0 bridgehead atoms. The number of amides is 3. The average molecular weight is 475 g/mol. The van der Waals surface area contributed by atoms with E-state index in [0.717, 1.165) is 0 Å². The van der Waals surface area contributed by atoms with E-state index in [1.54, 1.807) is 13.8 Å². The van der Waals surface area contributed by atoms with Crippen molar-refractivity contribution >= 4 is 35.6 Å². The first-order valence-corrected chi connectivity index (χ1v) is 10.3. The Morgan fingerprint density at radius 1 is 0.727 bits per heavy atom. The first-order valence-electron chi connectivity index (χ1n) is 10.3. The van der Waals surface area contributed by atoms with Gasteiger partial charge >= 0.3 is 17.9 Å². The fourth-order valence-electron chi connectivity index (χ4n) is 2.64. The lowest BCUT2D eigenvalue weighted by Crippen LogP contribution is -2.58. The summed E-state index contributed by atoms with van der Waals surface area (Å²) >= 11 is 0. The predicted molar refractivity (Wildman–Crippen MR) is 114 cm³/mol. The molecule has 0 aliphatic rings. The number of carbonyl (C=O) groups excluding carboxylic acids is 3. The molecule has 3 amide bonds. The summed E-state index contributed by atoms with van der Waals surface area (Å²) in [5.41, 5.74) is 11.1. The van der Waals surface area contributed by atoms with Gasteiger partial charge in [0.05, 0.1) is 18.9 Å². The van der Waals surface area contributed by atoms with E-state index in [0.29, 0.717) is 12.8 Å². The van der Waals surface area contributed by atoms with Crippen LogP contribution in [0.1, 0.15) is 46.0 Å². The van der Waals surface area contributed by atoms with E-state index in [-0.39, 0.29) is 18.9 Å². The number of carboxylic acids is 3. The Kier molecular flexibility index (Phi) is 13.3. The molecule has 0 aromatic rings. The van der Waals surface area contributed by atoms with Crippen LogP contribution < -0.4 is 27.4 Å². The molecule has 0 rings (SSSR count). The van der Waals surface area contributed by atoms with Crippen LogP contribution >= 0.6 is 0 Å². The number of carbonyl (C=O) groups is 6. The first-order chi connectivity index (χ1) is 15.3. The SMILES string of the molecule is CC(C)C(N)C(=O)NC(CC(=O)O)C(=O)NC(CCCCN)C(=O)NC(CC(=O)O)C(=O)O. The molecule has 188 valence electrons. The van der Waals surface area contributed by atoms with Crippen molar-refractivity contribution < 1.29 is 44.1 Å². The molecule has 0 aromatic carbocycles. The van der Waals surface area contributed by atoms with Crippen LogP contribution in [0.4, 0.5) is 0 Å². The fourth-order valence-corrected chi connectivity index (χ4v) is 2.64. The normalized spacial score (nSPS) is 14.5. The Morgan fingerprint density at radius 2 is 1.18 bits per heavy atom. The summed E-state index contributed by atoms with van der Waals surface area (Å²) in [4.78, 5) is 70.8. The zero-order valence-corrected chi connectivity index (χ0v) is 18.6. The third kappa shape index (κ3) is 11.8. The molecule has 0 aliphatic carbocycles. The predicted octanol–water partition coefficient (Wildman–Crippen LogP) is -2.41. The number of nitrogens with two attached hydrogens (primary N) is 2. The van der Waals surface area contributed by atoms with Crippen molar-refractivity contribution in [3.63, 3.8) is 0 Å². The second-order valence-electron chi connectivity index (χ2n) is 7.77. The summed E-state index contributed by atoms with van der Waals surface area (Å²) in [6.45, 7) is 3.60. The molecule has 0 fully saturated rings. The van der Waals surface area contributed by atoms with Gasteiger partial charge in [-0.1, -0.05) is 13.8 Å². The van der Waals surface area contributed by atoms with Crippen LogP contribution in [0.2, 0.25) is 0 Å². The van der Waals surface area contributed by atoms with E-state index in [2.05, 4.69) is 10.6 Å². The van der Waals surface area contributed by atoms with Crippen LogP contribution in [0.3, 0.4) is 0 Å². The minimum absolute atomic E-state index is 0.00737. The maximum atomic E-state index is 12.7. The highest BCUT2D eigenvalue weighted by atomic mass is 16.4. The van der Waals surface area contributed by atoms with Gasteiger partial charge in [0.1, 0.15) is 18.1 Å². The van der Waals surface area contributed by atoms with Crippen molar-refractivity contribution in [2.45, 2.75) is 70.1 Å². The lowest BCUT2D eigenvalue weighted by Gasteiger charge is -2.25. The zero-order valence-electron chi connectivity index (χ0n) is 18.6. The summed E-state index contributed by atoms with van der Waals surface area (Å²) in [5.74, 6) is -7.48. The molecule has 0 radical (unpaired) electrons. The van der Waals surface area contributed by atoms with Gasteiger partial charge in [0.15, 0.2) is 0 Å². The van der Waals surface area contributed by atoms with E-state index in [1.807, 2.05) is 5.32 Å². The molecular weight excluding hydrogens is 442 g/mol. The highest BCUT2D eigenvalue weighted by Crippen LogP contribution is 2.06. The summed E-state index contributed by atoms with van der Waals surface area (Å²) < 4.78 is 0. The van der Waals surface area contributed by atoms with Gasteiger partial charge in [-0.2, -0.15) is 0 Å². The summed E-state index contributed by atoms with van der Waals surface area (Å²) in [6, 6.07) is -5.64. The molecular formula is C19H33N5O9. The summed E-state index contributed by atoms with van der Waals surface area (Å²) in [7, 11) is 0. The molecule has 33 heavy (non-hydrogen) atoms. The zero-order chi connectivity index (χ0) is 25.7. The number of unbranched alkanes of at least 4 members (excludes halogenated alkanes) is 1. The smallest absolute Gasteiger partial charge is 0.326 e. The van der Waals surface area contributed by atoms with Gasteiger partial charge in [-0.3, -0.25) is 24.0 Å². The quantitative estimate of drug-likeness (QED) is 0.109. The number of nitrogens with one attached hydrogen (secondary N) is 3. The average Bonchev–Trinajstić information content (AvgIpc) is 2.70. The largest absolute Gasteiger partial charge is 0.481 e. The lowest BCUT2D eigenvalue weighted by molar-refractivity contribution is -0.147. The van der Waals surface area contributed by atoms with Crippen LogP contribution in [-0.2, 0) is 28.8 Å². The van der Waals surface area contributed by atoms with Crippen molar-refractivity contribution in [3.8, 4) is 0 Å². The molecule has 0 aromatic heterocycles. The maximum Gasteiger partial charge on any atom is 0.326 e. The number of aliphatic carboxylic acids is 3. The highest BCUT2D eigenvalue weighted by molar-refractivity contribution is 5.96. The van der Waals surface area contributed by atoms with Crippen LogP contribution in [0.15, 0.2) is 0 Å². The molecule has 4 atom stereocenters. The van der Waals surface area contributed by atoms with Gasteiger partial charge in [0.25, 0.3) is 0 Å². The minimum Gasteiger partial charge on any atom is -0.481 e.